The molecule has 0 aromatic heterocycles. The van der Waals surface area contributed by atoms with Crippen LogP contribution in [-0.2, 0) is 4.74 Å². The minimum Gasteiger partial charge on any atom is -0.485 e. The molecule has 17 heavy (non-hydrogen) atoms. The van der Waals surface area contributed by atoms with Crippen molar-refractivity contribution in [2.24, 2.45) is 0 Å². The number of methoxy groups -OCH3 is 1. The van der Waals surface area contributed by atoms with Crippen LogP contribution in [0.5, 0.6) is 5.75 Å². The van der Waals surface area contributed by atoms with Crippen LogP contribution in [0.15, 0.2) is 25.6 Å². The molecule has 1 aliphatic rings. The van der Waals surface area contributed by atoms with Crippen molar-refractivity contribution < 1.29 is 9.47 Å². The Kier molecular flexibility index (Phi) is 4.80. The molecule has 1 aromatic rings. The highest BCUT2D eigenvalue weighted by molar-refractivity contribution is 9.11. The lowest BCUT2D eigenvalue weighted by atomic mass is 9.91. The molecule has 0 spiro atoms. The SMILES string of the molecule is COC1C(Cl)CC1Oc1c(Br)cc(Br)cc1Br. The lowest BCUT2D eigenvalue weighted by molar-refractivity contribution is -0.0589. The standard InChI is InChI=1S/C11H10Br3ClO2/c1-16-11-8(15)4-9(11)17-10-6(13)2-5(12)3-7(10)14/h2-3,8-9,11H,4H2,1H3. The zero-order valence-electron chi connectivity index (χ0n) is 8.92. The highest BCUT2D eigenvalue weighted by atomic mass is 79.9. The number of ether oxygens (including phenoxy) is 2. The van der Waals surface area contributed by atoms with Gasteiger partial charge >= 0.3 is 0 Å². The normalized spacial score (nSPS) is 27.7. The predicted molar refractivity (Wildman–Crippen MR) is 79.0 cm³/mol. The third kappa shape index (κ3) is 3.00. The maximum Gasteiger partial charge on any atom is 0.148 e. The quantitative estimate of drug-likeness (QED) is 0.621. The Morgan fingerprint density at radius 2 is 1.82 bits per heavy atom. The molecule has 2 nitrogen and oxygen atoms in total. The second-order valence-electron chi connectivity index (χ2n) is 3.81. The first-order valence-electron chi connectivity index (χ1n) is 5.01. The van der Waals surface area contributed by atoms with Gasteiger partial charge in [0.25, 0.3) is 0 Å². The topological polar surface area (TPSA) is 18.5 Å². The number of alkyl halides is 1. The minimum atomic E-state index is -0.0425. The number of benzene rings is 1. The van der Waals surface area contributed by atoms with E-state index in [4.69, 9.17) is 21.1 Å². The van der Waals surface area contributed by atoms with Crippen LogP contribution in [0.4, 0.5) is 0 Å². The minimum absolute atomic E-state index is 0.0104. The van der Waals surface area contributed by atoms with Gasteiger partial charge in [0.15, 0.2) is 0 Å². The average Bonchev–Trinajstić information content (AvgIpc) is 2.21. The smallest absolute Gasteiger partial charge is 0.148 e. The van der Waals surface area contributed by atoms with Crippen LogP contribution >= 0.6 is 59.4 Å². The van der Waals surface area contributed by atoms with Gasteiger partial charge < -0.3 is 9.47 Å². The third-order valence-corrected chi connectivity index (χ3v) is 4.75. The Balaban J connectivity index is 2.14. The van der Waals surface area contributed by atoms with Crippen LogP contribution in [-0.4, -0.2) is 24.7 Å². The molecule has 1 fully saturated rings. The van der Waals surface area contributed by atoms with Crippen molar-refractivity contribution in [3.05, 3.63) is 25.6 Å². The fourth-order valence-corrected chi connectivity index (χ4v) is 4.62. The van der Waals surface area contributed by atoms with E-state index in [0.29, 0.717) is 0 Å². The molecule has 94 valence electrons. The van der Waals surface area contributed by atoms with Gasteiger partial charge in [0.05, 0.1) is 14.3 Å². The first kappa shape index (κ1) is 14.1. The molecule has 0 bridgehead atoms. The average molecular weight is 449 g/mol. The van der Waals surface area contributed by atoms with Gasteiger partial charge in [-0.05, 0) is 44.0 Å². The summed E-state index contributed by atoms with van der Waals surface area (Å²) in [6, 6.07) is 3.89. The van der Waals surface area contributed by atoms with Crippen LogP contribution in [0.3, 0.4) is 0 Å². The van der Waals surface area contributed by atoms with Crippen LogP contribution in [0.2, 0.25) is 0 Å². The van der Waals surface area contributed by atoms with Gasteiger partial charge in [-0.15, -0.1) is 11.6 Å². The Bertz CT molecular complexity index is 404. The molecular formula is C11H10Br3ClO2. The second-order valence-corrected chi connectivity index (χ2v) is 6.99. The van der Waals surface area contributed by atoms with Gasteiger partial charge in [-0.25, -0.2) is 0 Å². The van der Waals surface area contributed by atoms with E-state index in [1.807, 2.05) is 12.1 Å². The van der Waals surface area contributed by atoms with Crippen LogP contribution in [0.25, 0.3) is 0 Å². The summed E-state index contributed by atoms with van der Waals surface area (Å²) in [5, 5.41) is 0.0398. The van der Waals surface area contributed by atoms with Crippen molar-refractivity contribution in [3.63, 3.8) is 0 Å². The molecule has 0 radical (unpaired) electrons. The van der Waals surface area contributed by atoms with Gasteiger partial charge in [-0.2, -0.15) is 0 Å². The summed E-state index contributed by atoms with van der Waals surface area (Å²) in [5.74, 6) is 0.781. The first-order chi connectivity index (χ1) is 8.02. The van der Waals surface area contributed by atoms with Crippen molar-refractivity contribution in [2.75, 3.05) is 7.11 Å². The maximum absolute atomic E-state index is 6.04. The Hall–Kier alpha value is 0.710. The summed E-state index contributed by atoms with van der Waals surface area (Å²) in [7, 11) is 1.65. The molecule has 1 aromatic carbocycles. The Morgan fingerprint density at radius 1 is 1.24 bits per heavy atom. The van der Waals surface area contributed by atoms with Crippen LogP contribution in [0.1, 0.15) is 6.42 Å². The van der Waals surface area contributed by atoms with E-state index in [9.17, 15) is 0 Å². The molecule has 0 aliphatic heterocycles. The van der Waals surface area contributed by atoms with Gasteiger partial charge in [-0.3, -0.25) is 0 Å². The molecule has 6 heteroatoms. The summed E-state index contributed by atoms with van der Waals surface area (Å²) < 4.78 is 14.0. The van der Waals surface area contributed by atoms with Crippen molar-refractivity contribution in [2.45, 2.75) is 24.0 Å². The van der Waals surface area contributed by atoms with Gasteiger partial charge in [0.2, 0.25) is 0 Å². The zero-order valence-corrected chi connectivity index (χ0v) is 14.4. The monoisotopic (exact) mass is 446 g/mol. The molecule has 1 saturated carbocycles. The summed E-state index contributed by atoms with van der Waals surface area (Å²) in [4.78, 5) is 0. The molecular weight excluding hydrogens is 439 g/mol. The molecule has 2 rings (SSSR count). The van der Waals surface area contributed by atoms with E-state index in [1.165, 1.54) is 0 Å². The molecule has 3 atom stereocenters. The van der Waals surface area contributed by atoms with E-state index < -0.39 is 0 Å². The van der Waals surface area contributed by atoms with Gasteiger partial charge in [0, 0.05) is 18.0 Å². The van der Waals surface area contributed by atoms with E-state index >= 15 is 0 Å². The Labute approximate surface area is 130 Å². The fraction of sp³-hybridized carbons (Fsp3) is 0.455. The van der Waals surface area contributed by atoms with Gasteiger partial charge in [0.1, 0.15) is 18.0 Å². The Morgan fingerprint density at radius 3 is 2.29 bits per heavy atom. The van der Waals surface area contributed by atoms with E-state index in [-0.39, 0.29) is 17.6 Å². The van der Waals surface area contributed by atoms with Crippen molar-refractivity contribution in [3.8, 4) is 5.75 Å². The second kappa shape index (κ2) is 5.78. The molecule has 1 aliphatic carbocycles. The molecule has 0 saturated heterocycles. The third-order valence-electron chi connectivity index (χ3n) is 2.68. The summed E-state index contributed by atoms with van der Waals surface area (Å²) >= 11 is 16.4. The van der Waals surface area contributed by atoms with Crippen LogP contribution < -0.4 is 4.74 Å². The summed E-state index contributed by atoms with van der Waals surface area (Å²) in [6.07, 6.45) is 0.769. The molecule has 0 N–H and O–H groups in total. The number of hydrogen-bond acceptors (Lipinski definition) is 2. The molecule has 0 heterocycles. The molecule has 0 amide bonds. The number of hydrogen-bond donors (Lipinski definition) is 0. The maximum atomic E-state index is 6.04. The number of rotatable bonds is 3. The summed E-state index contributed by atoms with van der Waals surface area (Å²) in [6.45, 7) is 0. The van der Waals surface area contributed by atoms with Crippen molar-refractivity contribution in [1.29, 1.82) is 0 Å². The lowest BCUT2D eigenvalue weighted by Gasteiger charge is -2.40. The highest BCUT2D eigenvalue weighted by Gasteiger charge is 2.42. The zero-order chi connectivity index (χ0) is 12.6. The number of halogens is 4. The van der Waals surface area contributed by atoms with Crippen LogP contribution in [0, 0.1) is 0 Å². The highest BCUT2D eigenvalue weighted by Crippen LogP contribution is 2.40. The van der Waals surface area contributed by atoms with E-state index in [0.717, 1.165) is 25.6 Å². The van der Waals surface area contributed by atoms with Crippen molar-refractivity contribution in [1.82, 2.24) is 0 Å². The lowest BCUT2D eigenvalue weighted by Crippen LogP contribution is -2.52. The van der Waals surface area contributed by atoms with Gasteiger partial charge in [-0.1, -0.05) is 15.9 Å². The molecule has 3 unspecified atom stereocenters. The first-order valence-corrected chi connectivity index (χ1v) is 7.82. The van der Waals surface area contributed by atoms with E-state index in [2.05, 4.69) is 47.8 Å². The van der Waals surface area contributed by atoms with E-state index in [1.54, 1.807) is 7.11 Å². The summed E-state index contributed by atoms with van der Waals surface area (Å²) in [5.41, 5.74) is 0. The largest absolute Gasteiger partial charge is 0.485 e. The van der Waals surface area contributed by atoms with Crippen molar-refractivity contribution >= 4 is 59.4 Å². The predicted octanol–water partition coefficient (Wildman–Crippen LogP) is 4.75. The fourth-order valence-electron chi connectivity index (χ4n) is 1.73.